The summed E-state index contributed by atoms with van der Waals surface area (Å²) < 4.78 is 0. The van der Waals surface area contributed by atoms with E-state index in [1.165, 1.54) is 18.6 Å². The molecule has 0 aromatic carbocycles. The van der Waals surface area contributed by atoms with Crippen LogP contribution in [0.3, 0.4) is 0 Å². The van der Waals surface area contributed by atoms with Crippen LogP contribution in [0.2, 0.25) is 5.02 Å². The van der Waals surface area contributed by atoms with E-state index >= 15 is 0 Å². The first-order chi connectivity index (χ1) is 7.74. The van der Waals surface area contributed by atoms with Crippen molar-refractivity contribution in [1.82, 2.24) is 4.98 Å². The minimum absolute atomic E-state index is 0.572. The summed E-state index contributed by atoms with van der Waals surface area (Å²) in [6, 6.07) is 1.71. The van der Waals surface area contributed by atoms with Crippen molar-refractivity contribution >= 4 is 34.9 Å². The van der Waals surface area contributed by atoms with Gasteiger partial charge >= 0.3 is 0 Å². The fourth-order valence-electron chi connectivity index (χ4n) is 1.36. The van der Waals surface area contributed by atoms with Crippen LogP contribution in [-0.2, 0) is 0 Å². The third-order valence-corrected chi connectivity index (χ3v) is 3.11. The van der Waals surface area contributed by atoms with E-state index in [9.17, 15) is 0 Å². The summed E-state index contributed by atoms with van der Waals surface area (Å²) in [5.74, 6) is 1.97. The van der Waals surface area contributed by atoms with Crippen molar-refractivity contribution in [1.29, 1.82) is 0 Å². The van der Waals surface area contributed by atoms with Gasteiger partial charge in [-0.1, -0.05) is 18.0 Å². The van der Waals surface area contributed by atoms with E-state index in [1.54, 1.807) is 12.3 Å². The van der Waals surface area contributed by atoms with Crippen molar-refractivity contribution in [2.24, 2.45) is 0 Å². The number of hydrogen-bond donors (Lipinski definition) is 2. The Hall–Kier alpha value is -0.610. The van der Waals surface area contributed by atoms with Crippen molar-refractivity contribution in [2.75, 3.05) is 29.6 Å². The van der Waals surface area contributed by atoms with Gasteiger partial charge in [0.1, 0.15) is 5.82 Å². The highest BCUT2D eigenvalue weighted by molar-refractivity contribution is 7.98. The predicted octanol–water partition coefficient (Wildman–Crippen LogP) is 3.26. The lowest BCUT2D eigenvalue weighted by Gasteiger charge is -2.07. The molecule has 1 aromatic heterocycles. The summed E-state index contributed by atoms with van der Waals surface area (Å²) >= 11 is 7.66. The van der Waals surface area contributed by atoms with Crippen LogP contribution < -0.4 is 11.1 Å². The van der Waals surface area contributed by atoms with Gasteiger partial charge in [0.2, 0.25) is 0 Å². The quantitative estimate of drug-likeness (QED) is 0.738. The van der Waals surface area contributed by atoms with E-state index in [0.717, 1.165) is 18.8 Å². The maximum absolute atomic E-state index is 5.77. The summed E-state index contributed by atoms with van der Waals surface area (Å²) in [5.41, 5.74) is 6.38. The average Bonchev–Trinajstić information content (AvgIpc) is 2.26. The zero-order chi connectivity index (χ0) is 11.8. The molecule has 1 heterocycles. The molecule has 3 N–H and O–H groups in total. The molecule has 0 radical (unpaired) electrons. The van der Waals surface area contributed by atoms with Gasteiger partial charge in [-0.25, -0.2) is 4.98 Å². The molecule has 0 atom stereocenters. The molecule has 0 bridgehead atoms. The molecular weight excluding hydrogens is 242 g/mol. The SMILES string of the molecule is CSCCCCCNc1ncc(Cl)cc1N. The van der Waals surface area contributed by atoms with Crippen molar-refractivity contribution in [3.63, 3.8) is 0 Å². The number of unbranched alkanes of at least 4 members (excludes halogenated alkanes) is 2. The monoisotopic (exact) mass is 259 g/mol. The molecule has 0 amide bonds. The van der Waals surface area contributed by atoms with Gasteiger partial charge in [-0.15, -0.1) is 0 Å². The van der Waals surface area contributed by atoms with Gasteiger partial charge in [0.25, 0.3) is 0 Å². The molecule has 0 aliphatic carbocycles. The fraction of sp³-hybridized carbons (Fsp3) is 0.545. The number of thioether (sulfide) groups is 1. The van der Waals surface area contributed by atoms with Crippen LogP contribution >= 0.6 is 23.4 Å². The van der Waals surface area contributed by atoms with E-state index in [0.29, 0.717) is 10.7 Å². The highest BCUT2D eigenvalue weighted by Gasteiger charge is 2.00. The van der Waals surface area contributed by atoms with E-state index in [4.69, 9.17) is 17.3 Å². The van der Waals surface area contributed by atoms with Crippen molar-refractivity contribution < 1.29 is 0 Å². The lowest BCUT2D eigenvalue weighted by molar-refractivity contribution is 0.748. The van der Waals surface area contributed by atoms with Crippen LogP contribution in [0.25, 0.3) is 0 Å². The molecule has 0 spiro atoms. The Balaban J connectivity index is 2.21. The van der Waals surface area contributed by atoms with E-state index in [2.05, 4.69) is 16.6 Å². The van der Waals surface area contributed by atoms with Crippen LogP contribution in [0.1, 0.15) is 19.3 Å². The molecule has 5 heteroatoms. The number of nitrogens with two attached hydrogens (primary N) is 1. The van der Waals surface area contributed by atoms with Crippen LogP contribution in [-0.4, -0.2) is 23.5 Å². The molecule has 0 saturated heterocycles. The minimum Gasteiger partial charge on any atom is -0.396 e. The topological polar surface area (TPSA) is 50.9 Å². The number of halogens is 1. The lowest BCUT2D eigenvalue weighted by atomic mass is 10.2. The number of anilines is 2. The van der Waals surface area contributed by atoms with Crippen LogP contribution in [0.4, 0.5) is 11.5 Å². The van der Waals surface area contributed by atoms with Gasteiger partial charge in [-0.05, 0) is 30.9 Å². The van der Waals surface area contributed by atoms with Crippen LogP contribution in [0, 0.1) is 0 Å². The molecule has 0 aliphatic heterocycles. The highest BCUT2D eigenvalue weighted by Crippen LogP contribution is 2.19. The molecule has 0 fully saturated rings. The first kappa shape index (κ1) is 13.5. The largest absolute Gasteiger partial charge is 0.396 e. The molecule has 3 nitrogen and oxygen atoms in total. The second kappa shape index (κ2) is 7.63. The van der Waals surface area contributed by atoms with Crippen LogP contribution in [0.15, 0.2) is 12.3 Å². The van der Waals surface area contributed by atoms with E-state index in [-0.39, 0.29) is 0 Å². The Kier molecular flexibility index (Phi) is 6.42. The zero-order valence-electron chi connectivity index (χ0n) is 9.50. The number of aromatic nitrogens is 1. The number of nitrogen functional groups attached to an aromatic ring is 1. The van der Waals surface area contributed by atoms with Crippen molar-refractivity contribution in [3.05, 3.63) is 17.3 Å². The first-order valence-corrected chi connectivity index (χ1v) is 7.15. The normalized spacial score (nSPS) is 10.4. The molecule has 0 aliphatic rings. The van der Waals surface area contributed by atoms with Crippen molar-refractivity contribution in [2.45, 2.75) is 19.3 Å². The Morgan fingerprint density at radius 2 is 2.25 bits per heavy atom. The third kappa shape index (κ3) is 4.94. The summed E-state index contributed by atoms with van der Waals surface area (Å²) in [5, 5.41) is 3.79. The standard InChI is InChI=1S/C11H18ClN3S/c1-16-6-4-2-3-5-14-11-10(13)7-9(12)8-15-11/h7-8H,2-6,13H2,1H3,(H,14,15). The predicted molar refractivity (Wildman–Crippen MR) is 74.4 cm³/mol. The zero-order valence-corrected chi connectivity index (χ0v) is 11.1. The maximum atomic E-state index is 5.77. The molecule has 0 unspecified atom stereocenters. The molecule has 1 aromatic rings. The third-order valence-electron chi connectivity index (χ3n) is 2.20. The highest BCUT2D eigenvalue weighted by atomic mass is 35.5. The minimum atomic E-state index is 0.572. The second-order valence-corrected chi connectivity index (χ2v) is 4.99. The Bertz CT molecular complexity index is 320. The summed E-state index contributed by atoms with van der Waals surface area (Å²) in [7, 11) is 0. The van der Waals surface area contributed by atoms with E-state index in [1.807, 2.05) is 11.8 Å². The summed E-state index contributed by atoms with van der Waals surface area (Å²) in [6.07, 6.45) is 7.39. The van der Waals surface area contributed by atoms with Gasteiger partial charge in [0.05, 0.1) is 10.7 Å². The Labute approximate surface area is 106 Å². The number of pyridine rings is 1. The molecule has 16 heavy (non-hydrogen) atoms. The number of hydrogen-bond acceptors (Lipinski definition) is 4. The number of rotatable bonds is 7. The molecule has 1 rings (SSSR count). The smallest absolute Gasteiger partial charge is 0.149 e. The fourth-order valence-corrected chi connectivity index (χ4v) is 2.02. The number of nitrogens with zero attached hydrogens (tertiary/aromatic N) is 1. The lowest BCUT2D eigenvalue weighted by Crippen LogP contribution is -2.06. The molecule has 0 saturated carbocycles. The molecule has 90 valence electrons. The summed E-state index contributed by atoms with van der Waals surface area (Å²) in [4.78, 5) is 4.14. The van der Waals surface area contributed by atoms with Crippen LogP contribution in [0.5, 0.6) is 0 Å². The molecular formula is C11H18ClN3S. The number of nitrogens with one attached hydrogen (secondary N) is 1. The maximum Gasteiger partial charge on any atom is 0.149 e. The summed E-state index contributed by atoms with van der Waals surface area (Å²) in [6.45, 7) is 0.910. The van der Waals surface area contributed by atoms with Gasteiger partial charge in [0, 0.05) is 12.7 Å². The van der Waals surface area contributed by atoms with E-state index < -0.39 is 0 Å². The Morgan fingerprint density at radius 3 is 2.94 bits per heavy atom. The van der Waals surface area contributed by atoms with Gasteiger partial charge in [-0.3, -0.25) is 0 Å². The Morgan fingerprint density at radius 1 is 1.44 bits per heavy atom. The van der Waals surface area contributed by atoms with Gasteiger partial charge in [0.15, 0.2) is 0 Å². The van der Waals surface area contributed by atoms with Gasteiger partial charge < -0.3 is 11.1 Å². The second-order valence-electron chi connectivity index (χ2n) is 3.57. The average molecular weight is 260 g/mol. The first-order valence-electron chi connectivity index (χ1n) is 5.38. The van der Waals surface area contributed by atoms with Gasteiger partial charge in [-0.2, -0.15) is 11.8 Å². The van der Waals surface area contributed by atoms with Crippen molar-refractivity contribution in [3.8, 4) is 0 Å².